The highest BCUT2D eigenvalue weighted by Crippen LogP contribution is 2.62. The van der Waals surface area contributed by atoms with E-state index in [1.807, 2.05) is 104 Å². The van der Waals surface area contributed by atoms with Crippen molar-refractivity contribution in [3.63, 3.8) is 0 Å². The average molecular weight is 569 g/mol. The summed E-state index contributed by atoms with van der Waals surface area (Å²) in [4.78, 5) is 46.1. The van der Waals surface area contributed by atoms with Gasteiger partial charge in [0.2, 0.25) is 5.91 Å². The number of ketones is 2. The Balaban J connectivity index is 1.47. The Morgan fingerprint density at radius 2 is 1.53 bits per heavy atom. The minimum absolute atomic E-state index is 0.190. The topological polar surface area (TPSA) is 75.7 Å². The summed E-state index contributed by atoms with van der Waals surface area (Å²) in [7, 11) is 0. The van der Waals surface area contributed by atoms with Gasteiger partial charge in [0.15, 0.2) is 11.6 Å². The standard InChI is InChI=1S/C37H32N2O4/c1-3-22-43-27-18-16-25(17-19-27)33(40)31-32(34(41)26-14-12-23(2)13-15-26)39-21-20-24-8-4-5-9-28(24)35(39)37(31)29-10-6-7-11-30(29)38-36(37)42/h4-21,31-32,35H,3,22H2,1-2H3,(H,38,42). The van der Waals surface area contributed by atoms with Gasteiger partial charge in [0.25, 0.3) is 0 Å². The second-order valence-corrected chi connectivity index (χ2v) is 11.6. The molecule has 3 aliphatic rings. The predicted molar refractivity (Wildman–Crippen MR) is 166 cm³/mol. The van der Waals surface area contributed by atoms with Gasteiger partial charge >= 0.3 is 0 Å². The molecule has 4 atom stereocenters. The number of anilines is 1. The summed E-state index contributed by atoms with van der Waals surface area (Å²) in [5.74, 6) is -1.04. The number of aryl methyl sites for hydroxylation is 1. The molecule has 6 nitrogen and oxygen atoms in total. The molecule has 3 heterocycles. The van der Waals surface area contributed by atoms with Gasteiger partial charge in [-0.15, -0.1) is 0 Å². The van der Waals surface area contributed by atoms with Crippen LogP contribution in [0.3, 0.4) is 0 Å². The maximum Gasteiger partial charge on any atom is 0.238 e. The van der Waals surface area contributed by atoms with Gasteiger partial charge in [-0.25, -0.2) is 0 Å². The molecule has 43 heavy (non-hydrogen) atoms. The molecule has 3 aliphatic heterocycles. The van der Waals surface area contributed by atoms with Crippen molar-refractivity contribution in [2.75, 3.05) is 11.9 Å². The normalized spacial score (nSPS) is 23.0. The van der Waals surface area contributed by atoms with Crippen molar-refractivity contribution in [1.82, 2.24) is 4.90 Å². The fraction of sp³-hybridized carbons (Fsp3) is 0.216. The third-order valence-electron chi connectivity index (χ3n) is 9.07. The molecule has 0 radical (unpaired) electrons. The van der Waals surface area contributed by atoms with Crippen molar-refractivity contribution >= 4 is 29.2 Å². The van der Waals surface area contributed by atoms with Gasteiger partial charge < -0.3 is 15.0 Å². The fourth-order valence-corrected chi connectivity index (χ4v) is 7.17. The number of amides is 1. The highest BCUT2D eigenvalue weighted by molar-refractivity contribution is 6.16. The molecule has 0 aliphatic carbocycles. The second-order valence-electron chi connectivity index (χ2n) is 11.6. The number of Topliss-reactive ketones (excluding diaryl/α,β-unsaturated/α-hetero) is 2. The molecule has 1 saturated heterocycles. The van der Waals surface area contributed by atoms with Crippen LogP contribution in [0.2, 0.25) is 0 Å². The summed E-state index contributed by atoms with van der Waals surface area (Å²) in [5, 5.41) is 3.10. The van der Waals surface area contributed by atoms with Crippen LogP contribution >= 0.6 is 0 Å². The lowest BCUT2D eigenvalue weighted by Gasteiger charge is -2.38. The lowest BCUT2D eigenvalue weighted by Crippen LogP contribution is -2.49. The number of ether oxygens (including phenoxy) is 1. The van der Waals surface area contributed by atoms with Crippen LogP contribution in [0, 0.1) is 12.8 Å². The van der Waals surface area contributed by atoms with E-state index in [0.29, 0.717) is 29.2 Å². The maximum atomic E-state index is 14.9. The van der Waals surface area contributed by atoms with E-state index in [1.165, 1.54) is 0 Å². The van der Waals surface area contributed by atoms with Gasteiger partial charge in [-0.1, -0.05) is 79.2 Å². The van der Waals surface area contributed by atoms with E-state index in [9.17, 15) is 14.4 Å². The zero-order valence-electron chi connectivity index (χ0n) is 24.1. The number of nitrogens with one attached hydrogen (secondary N) is 1. The van der Waals surface area contributed by atoms with E-state index >= 15 is 0 Å². The summed E-state index contributed by atoms with van der Waals surface area (Å²) in [6.07, 6.45) is 4.74. The van der Waals surface area contributed by atoms with Crippen LogP contribution in [0.15, 0.2) is 103 Å². The van der Waals surface area contributed by atoms with Gasteiger partial charge in [-0.3, -0.25) is 14.4 Å². The van der Waals surface area contributed by atoms with Crippen LogP contribution in [0.1, 0.15) is 62.4 Å². The van der Waals surface area contributed by atoms with Gasteiger partial charge in [-0.2, -0.15) is 0 Å². The molecular weight excluding hydrogens is 536 g/mol. The maximum absolute atomic E-state index is 14.9. The van der Waals surface area contributed by atoms with Crippen LogP contribution < -0.4 is 10.1 Å². The molecule has 4 aromatic carbocycles. The molecule has 1 fully saturated rings. The summed E-state index contributed by atoms with van der Waals surface area (Å²) < 4.78 is 5.77. The average Bonchev–Trinajstić information content (AvgIpc) is 3.52. The molecule has 1 N–H and O–H groups in total. The van der Waals surface area contributed by atoms with Crippen LogP contribution in [0.5, 0.6) is 5.75 Å². The third kappa shape index (κ3) is 4.04. The molecule has 0 saturated carbocycles. The summed E-state index contributed by atoms with van der Waals surface area (Å²) in [6, 6.07) is 28.5. The number of carbonyl (C=O) groups is 3. The highest BCUT2D eigenvalue weighted by atomic mass is 16.5. The second kappa shape index (κ2) is 10.4. The Morgan fingerprint density at radius 1 is 0.860 bits per heavy atom. The number of fused-ring (bicyclic) bond motifs is 6. The minimum Gasteiger partial charge on any atom is -0.494 e. The first kappa shape index (κ1) is 26.9. The molecule has 4 aromatic rings. The largest absolute Gasteiger partial charge is 0.494 e. The Kier molecular flexibility index (Phi) is 6.50. The quantitative estimate of drug-likeness (QED) is 0.249. The number of carbonyl (C=O) groups excluding carboxylic acids is 3. The van der Waals surface area contributed by atoms with Gasteiger partial charge in [-0.05, 0) is 66.4 Å². The van der Waals surface area contributed by atoms with Crippen molar-refractivity contribution in [2.45, 2.75) is 37.8 Å². The van der Waals surface area contributed by atoms with Crippen LogP contribution in [-0.4, -0.2) is 35.0 Å². The minimum atomic E-state index is -1.35. The summed E-state index contributed by atoms with van der Waals surface area (Å²) in [5.41, 5.74) is 3.91. The zero-order chi connectivity index (χ0) is 29.7. The molecule has 1 spiro atoms. The van der Waals surface area contributed by atoms with E-state index in [1.54, 1.807) is 24.3 Å². The fourth-order valence-electron chi connectivity index (χ4n) is 7.17. The Hall–Kier alpha value is -4.97. The van der Waals surface area contributed by atoms with Crippen molar-refractivity contribution in [3.8, 4) is 5.75 Å². The molecule has 0 aromatic heterocycles. The SMILES string of the molecule is CCCOc1ccc(C(=O)C2C(C(=O)c3ccc(C)cc3)N3C=Cc4ccccc4C3C23C(=O)Nc2ccccc23)cc1. The monoisotopic (exact) mass is 568 g/mol. The van der Waals surface area contributed by atoms with Crippen LogP contribution in [-0.2, 0) is 10.2 Å². The number of rotatable bonds is 7. The first-order valence-corrected chi connectivity index (χ1v) is 14.8. The van der Waals surface area contributed by atoms with Crippen molar-refractivity contribution < 1.29 is 19.1 Å². The first-order valence-electron chi connectivity index (χ1n) is 14.8. The number of hydrogen-bond acceptors (Lipinski definition) is 5. The summed E-state index contributed by atoms with van der Waals surface area (Å²) >= 11 is 0. The number of benzene rings is 4. The van der Waals surface area contributed by atoms with Crippen molar-refractivity contribution in [3.05, 3.63) is 137 Å². The van der Waals surface area contributed by atoms with E-state index < -0.39 is 23.4 Å². The van der Waals surface area contributed by atoms with Crippen molar-refractivity contribution in [2.24, 2.45) is 5.92 Å². The smallest absolute Gasteiger partial charge is 0.238 e. The molecule has 6 heteroatoms. The zero-order valence-corrected chi connectivity index (χ0v) is 24.1. The lowest BCUT2D eigenvalue weighted by atomic mass is 9.62. The first-order chi connectivity index (χ1) is 20.9. The van der Waals surface area contributed by atoms with Gasteiger partial charge in [0.05, 0.1) is 18.6 Å². The molecule has 0 bridgehead atoms. The number of hydrogen-bond donors (Lipinski definition) is 1. The predicted octanol–water partition coefficient (Wildman–Crippen LogP) is 6.77. The Morgan fingerprint density at radius 3 is 2.30 bits per heavy atom. The van der Waals surface area contributed by atoms with Crippen LogP contribution in [0.4, 0.5) is 5.69 Å². The molecule has 214 valence electrons. The van der Waals surface area contributed by atoms with E-state index in [4.69, 9.17) is 4.74 Å². The van der Waals surface area contributed by atoms with Gasteiger partial charge in [0, 0.05) is 23.0 Å². The Bertz CT molecular complexity index is 1780. The number of para-hydroxylation sites is 1. The van der Waals surface area contributed by atoms with Gasteiger partial charge in [0.1, 0.15) is 17.2 Å². The molecule has 7 rings (SSSR count). The highest BCUT2D eigenvalue weighted by Gasteiger charge is 2.70. The number of nitrogens with zero attached hydrogens (tertiary/aromatic N) is 1. The van der Waals surface area contributed by atoms with Crippen LogP contribution in [0.25, 0.3) is 6.08 Å². The summed E-state index contributed by atoms with van der Waals surface area (Å²) in [6.45, 7) is 4.58. The molecule has 1 amide bonds. The molecule has 4 unspecified atom stereocenters. The van der Waals surface area contributed by atoms with E-state index in [0.717, 1.165) is 28.7 Å². The van der Waals surface area contributed by atoms with E-state index in [2.05, 4.69) is 5.32 Å². The Labute approximate surface area is 251 Å². The lowest BCUT2D eigenvalue weighted by molar-refractivity contribution is -0.122. The van der Waals surface area contributed by atoms with E-state index in [-0.39, 0.29) is 17.5 Å². The third-order valence-corrected chi connectivity index (χ3v) is 9.07. The molecular formula is C37H32N2O4. The van der Waals surface area contributed by atoms with Crippen molar-refractivity contribution in [1.29, 1.82) is 0 Å².